The van der Waals surface area contributed by atoms with Crippen LogP contribution >= 0.6 is 0 Å². The summed E-state index contributed by atoms with van der Waals surface area (Å²) in [4.78, 5) is 0. The monoisotopic (exact) mass is 348 g/mol. The Morgan fingerprint density at radius 2 is 1.00 bits per heavy atom. The van der Waals surface area contributed by atoms with Crippen LogP contribution in [0, 0.1) is 5.92 Å². The minimum Gasteiger partial charge on any atom is -0.502 e. The van der Waals surface area contributed by atoms with Crippen molar-refractivity contribution in [1.82, 2.24) is 0 Å². The fraction of sp³-hybridized carbons (Fsp3) is 0.889. The van der Waals surface area contributed by atoms with Crippen LogP contribution in [0.5, 0.6) is 0 Å². The maximum atomic E-state index is 5.91. The predicted octanol–water partition coefficient (Wildman–Crippen LogP) is 3.36. The Kier molecular flexibility index (Phi) is 15.4. The SMILES string of the molecule is CCO/C=C\[C@H](OCC)C(C(OCC)OCC)C(OCC)OCC. The molecule has 6 heteroatoms. The van der Waals surface area contributed by atoms with Crippen LogP contribution in [-0.2, 0) is 28.4 Å². The van der Waals surface area contributed by atoms with E-state index < -0.39 is 12.6 Å². The third-order valence-electron chi connectivity index (χ3n) is 3.22. The molecule has 0 aliphatic rings. The minimum absolute atomic E-state index is 0.276. The number of hydrogen-bond acceptors (Lipinski definition) is 6. The van der Waals surface area contributed by atoms with Gasteiger partial charge >= 0.3 is 0 Å². The van der Waals surface area contributed by atoms with E-state index in [2.05, 4.69) is 0 Å². The van der Waals surface area contributed by atoms with E-state index in [-0.39, 0.29) is 12.0 Å². The number of rotatable bonds is 16. The molecule has 0 bridgehead atoms. The fourth-order valence-electron chi connectivity index (χ4n) is 2.35. The molecule has 0 heterocycles. The van der Waals surface area contributed by atoms with Crippen LogP contribution < -0.4 is 0 Å². The van der Waals surface area contributed by atoms with Crippen molar-refractivity contribution < 1.29 is 28.4 Å². The molecule has 0 aliphatic carbocycles. The van der Waals surface area contributed by atoms with E-state index in [1.165, 1.54) is 0 Å². The normalized spacial score (nSPS) is 13.5. The summed E-state index contributed by atoms with van der Waals surface area (Å²) in [6.07, 6.45) is 2.22. The standard InChI is InChI=1S/C18H36O6/c1-7-19-14-13-15(20-8-2)16(17(21-9-3)22-10-4)18(23-11-5)24-12-6/h13-18H,7-12H2,1-6H3/b14-13-/t15-/m0/s1. The van der Waals surface area contributed by atoms with Crippen LogP contribution in [0.25, 0.3) is 0 Å². The molecule has 0 N–H and O–H groups in total. The van der Waals surface area contributed by atoms with Gasteiger partial charge in [-0.1, -0.05) is 0 Å². The molecule has 144 valence electrons. The molecule has 0 saturated heterocycles. The second-order valence-corrected chi connectivity index (χ2v) is 4.84. The molecule has 6 nitrogen and oxygen atoms in total. The molecule has 0 spiro atoms. The summed E-state index contributed by atoms with van der Waals surface area (Å²) in [5, 5.41) is 0. The Morgan fingerprint density at radius 1 is 0.583 bits per heavy atom. The van der Waals surface area contributed by atoms with Crippen molar-refractivity contribution >= 4 is 0 Å². The summed E-state index contributed by atoms with van der Waals surface area (Å²) in [5.41, 5.74) is 0. The molecule has 0 aliphatic heterocycles. The maximum Gasteiger partial charge on any atom is 0.168 e. The van der Waals surface area contributed by atoms with Crippen molar-refractivity contribution in [3.63, 3.8) is 0 Å². The van der Waals surface area contributed by atoms with Crippen LogP contribution in [0.15, 0.2) is 12.3 Å². The molecule has 1 atom stereocenters. The Balaban J connectivity index is 5.53. The molecule has 0 fully saturated rings. The van der Waals surface area contributed by atoms with Crippen LogP contribution in [-0.4, -0.2) is 58.3 Å². The van der Waals surface area contributed by atoms with Crippen molar-refractivity contribution in [2.45, 2.75) is 60.2 Å². The first-order valence-corrected chi connectivity index (χ1v) is 9.06. The Hall–Kier alpha value is -0.660. The van der Waals surface area contributed by atoms with E-state index >= 15 is 0 Å². The highest BCUT2D eigenvalue weighted by Gasteiger charge is 2.38. The lowest BCUT2D eigenvalue weighted by Crippen LogP contribution is -2.46. The first-order chi connectivity index (χ1) is 11.7. The Labute approximate surface area is 147 Å². The van der Waals surface area contributed by atoms with Crippen molar-refractivity contribution in [3.8, 4) is 0 Å². The van der Waals surface area contributed by atoms with E-state index in [0.29, 0.717) is 39.6 Å². The number of hydrogen-bond donors (Lipinski definition) is 0. The first-order valence-electron chi connectivity index (χ1n) is 9.06. The van der Waals surface area contributed by atoms with Gasteiger partial charge in [0.25, 0.3) is 0 Å². The molecule has 0 saturated carbocycles. The molecular weight excluding hydrogens is 312 g/mol. The van der Waals surface area contributed by atoms with Crippen molar-refractivity contribution in [1.29, 1.82) is 0 Å². The Morgan fingerprint density at radius 3 is 1.33 bits per heavy atom. The zero-order chi connectivity index (χ0) is 18.2. The maximum absolute atomic E-state index is 5.91. The van der Waals surface area contributed by atoms with E-state index in [9.17, 15) is 0 Å². The van der Waals surface area contributed by atoms with Gasteiger partial charge in [0.1, 0.15) is 0 Å². The lowest BCUT2D eigenvalue weighted by molar-refractivity contribution is -0.265. The molecule has 0 radical (unpaired) electrons. The van der Waals surface area contributed by atoms with Crippen LogP contribution in [0.1, 0.15) is 41.5 Å². The largest absolute Gasteiger partial charge is 0.502 e. The second-order valence-electron chi connectivity index (χ2n) is 4.84. The van der Waals surface area contributed by atoms with Crippen LogP contribution in [0.2, 0.25) is 0 Å². The average molecular weight is 348 g/mol. The second kappa shape index (κ2) is 15.8. The topological polar surface area (TPSA) is 55.4 Å². The molecule has 0 aromatic carbocycles. The van der Waals surface area contributed by atoms with E-state index in [0.717, 1.165) is 0 Å². The van der Waals surface area contributed by atoms with Gasteiger partial charge in [-0.15, -0.1) is 0 Å². The molecule has 0 amide bonds. The van der Waals surface area contributed by atoms with Gasteiger partial charge in [-0.2, -0.15) is 0 Å². The molecule has 0 aromatic heterocycles. The zero-order valence-electron chi connectivity index (χ0n) is 16.2. The van der Waals surface area contributed by atoms with Gasteiger partial charge in [-0.3, -0.25) is 0 Å². The van der Waals surface area contributed by atoms with Gasteiger partial charge in [0.2, 0.25) is 0 Å². The Bertz CT molecular complexity index is 269. The van der Waals surface area contributed by atoms with Crippen LogP contribution in [0.4, 0.5) is 0 Å². The summed E-state index contributed by atoms with van der Waals surface area (Å²) in [5.74, 6) is -0.276. The van der Waals surface area contributed by atoms with Crippen molar-refractivity contribution in [2.24, 2.45) is 5.92 Å². The van der Waals surface area contributed by atoms with Gasteiger partial charge in [0.05, 0.1) is 24.9 Å². The van der Waals surface area contributed by atoms with E-state index in [1.54, 1.807) is 6.26 Å². The highest BCUT2D eigenvalue weighted by Crippen LogP contribution is 2.26. The van der Waals surface area contributed by atoms with E-state index in [1.807, 2.05) is 47.6 Å². The lowest BCUT2D eigenvalue weighted by Gasteiger charge is -2.36. The summed E-state index contributed by atoms with van der Waals surface area (Å²) in [7, 11) is 0. The molecular formula is C18H36O6. The molecule has 24 heavy (non-hydrogen) atoms. The number of ether oxygens (including phenoxy) is 6. The average Bonchev–Trinajstić information content (AvgIpc) is 2.56. The first kappa shape index (κ1) is 23.3. The van der Waals surface area contributed by atoms with Crippen molar-refractivity contribution in [2.75, 3.05) is 39.6 Å². The van der Waals surface area contributed by atoms with Gasteiger partial charge in [-0.05, 0) is 47.6 Å². The smallest absolute Gasteiger partial charge is 0.168 e. The minimum atomic E-state index is -0.495. The van der Waals surface area contributed by atoms with Gasteiger partial charge in [-0.25, -0.2) is 0 Å². The van der Waals surface area contributed by atoms with Crippen LogP contribution in [0.3, 0.4) is 0 Å². The fourth-order valence-corrected chi connectivity index (χ4v) is 2.35. The zero-order valence-corrected chi connectivity index (χ0v) is 16.2. The highest BCUT2D eigenvalue weighted by molar-refractivity contribution is 4.92. The molecule has 0 rings (SSSR count). The van der Waals surface area contributed by atoms with Gasteiger partial charge in [0.15, 0.2) is 12.6 Å². The predicted molar refractivity (Wildman–Crippen MR) is 93.8 cm³/mol. The van der Waals surface area contributed by atoms with Gasteiger partial charge < -0.3 is 28.4 Å². The molecule has 0 aromatic rings. The summed E-state index contributed by atoms with van der Waals surface area (Å²) in [6.45, 7) is 14.9. The third kappa shape index (κ3) is 8.99. The quantitative estimate of drug-likeness (QED) is 0.315. The van der Waals surface area contributed by atoms with Crippen molar-refractivity contribution in [3.05, 3.63) is 12.3 Å². The van der Waals surface area contributed by atoms with Gasteiger partial charge in [0, 0.05) is 33.0 Å². The molecule has 0 unspecified atom stereocenters. The lowest BCUT2D eigenvalue weighted by atomic mass is 10.00. The third-order valence-corrected chi connectivity index (χ3v) is 3.22. The summed E-state index contributed by atoms with van der Waals surface area (Å²) in [6, 6.07) is 0. The summed E-state index contributed by atoms with van der Waals surface area (Å²) < 4.78 is 34.5. The van der Waals surface area contributed by atoms with E-state index in [4.69, 9.17) is 28.4 Å². The summed E-state index contributed by atoms with van der Waals surface area (Å²) >= 11 is 0. The highest BCUT2D eigenvalue weighted by atomic mass is 16.7.